The minimum Gasteiger partial charge on any atom is -0.315 e. The standard InChI is InChI=1S/C25H19F4IN2/c1-3-32(30)19-8-4-16(5-9-19)20-10-6-17(13-22(20)26)24-12-15(2)21-14-18(25(27,28)29)7-11-23(21)31-24/h4-14H,3H2,1-2H3. The van der Waals surface area contributed by atoms with Crippen LogP contribution in [-0.4, -0.2) is 11.5 Å². The van der Waals surface area contributed by atoms with Gasteiger partial charge < -0.3 is 3.11 Å². The van der Waals surface area contributed by atoms with Gasteiger partial charge in [-0.3, -0.25) is 0 Å². The van der Waals surface area contributed by atoms with Gasteiger partial charge in [0, 0.05) is 28.7 Å². The van der Waals surface area contributed by atoms with E-state index in [9.17, 15) is 17.6 Å². The fourth-order valence-corrected chi connectivity index (χ4v) is 3.93. The van der Waals surface area contributed by atoms with Gasteiger partial charge in [-0.2, -0.15) is 13.2 Å². The lowest BCUT2D eigenvalue weighted by molar-refractivity contribution is -0.137. The van der Waals surface area contributed by atoms with Crippen molar-refractivity contribution in [3.63, 3.8) is 0 Å². The average Bonchev–Trinajstić information content (AvgIpc) is 2.77. The van der Waals surface area contributed by atoms with Gasteiger partial charge >= 0.3 is 6.18 Å². The molecule has 0 N–H and O–H groups in total. The molecule has 0 bridgehead atoms. The molecule has 0 unspecified atom stereocenters. The topological polar surface area (TPSA) is 16.1 Å². The fraction of sp³-hybridized carbons (Fsp3) is 0.160. The molecule has 0 aliphatic heterocycles. The molecule has 0 saturated heterocycles. The van der Waals surface area contributed by atoms with Crippen molar-refractivity contribution in [2.24, 2.45) is 0 Å². The van der Waals surface area contributed by atoms with Gasteiger partial charge in [-0.05, 0) is 67.4 Å². The van der Waals surface area contributed by atoms with Crippen LogP contribution < -0.4 is 3.11 Å². The molecule has 0 aliphatic rings. The third kappa shape index (κ3) is 4.44. The van der Waals surface area contributed by atoms with Gasteiger partial charge in [0.15, 0.2) is 0 Å². The van der Waals surface area contributed by atoms with Crippen molar-refractivity contribution in [2.45, 2.75) is 20.0 Å². The molecule has 164 valence electrons. The normalized spacial score (nSPS) is 11.7. The summed E-state index contributed by atoms with van der Waals surface area (Å²) in [6.45, 7) is 4.64. The molecule has 0 amide bonds. The van der Waals surface area contributed by atoms with Crippen LogP contribution in [0.15, 0.2) is 66.7 Å². The molecule has 0 radical (unpaired) electrons. The van der Waals surface area contributed by atoms with Crippen LogP contribution in [0.5, 0.6) is 0 Å². The molecule has 0 atom stereocenters. The number of nitrogens with zero attached hydrogens (tertiary/aromatic N) is 2. The molecule has 0 aliphatic carbocycles. The summed E-state index contributed by atoms with van der Waals surface area (Å²) in [6, 6.07) is 17.7. The number of rotatable bonds is 4. The van der Waals surface area contributed by atoms with E-state index in [0.717, 1.165) is 29.9 Å². The number of hydrogen-bond acceptors (Lipinski definition) is 2. The van der Waals surface area contributed by atoms with Gasteiger partial charge in [0.2, 0.25) is 0 Å². The molecular formula is C25H19F4IN2. The molecular weight excluding hydrogens is 531 g/mol. The monoisotopic (exact) mass is 550 g/mol. The van der Waals surface area contributed by atoms with Gasteiger partial charge in [-0.1, -0.05) is 24.3 Å². The largest absolute Gasteiger partial charge is 0.416 e. The third-order valence-electron chi connectivity index (χ3n) is 5.34. The van der Waals surface area contributed by atoms with Crippen molar-refractivity contribution in [3.05, 3.63) is 83.7 Å². The zero-order chi connectivity index (χ0) is 23.0. The van der Waals surface area contributed by atoms with E-state index in [-0.39, 0.29) is 5.82 Å². The Balaban J connectivity index is 1.69. The van der Waals surface area contributed by atoms with E-state index < -0.39 is 11.7 Å². The predicted molar refractivity (Wildman–Crippen MR) is 129 cm³/mol. The molecule has 1 heterocycles. The molecule has 0 saturated carbocycles. The lowest BCUT2D eigenvalue weighted by atomic mass is 9.99. The Labute approximate surface area is 197 Å². The summed E-state index contributed by atoms with van der Waals surface area (Å²) in [5.41, 5.74) is 3.73. The molecule has 4 rings (SSSR count). The first-order valence-electron chi connectivity index (χ1n) is 9.99. The average molecular weight is 550 g/mol. The van der Waals surface area contributed by atoms with E-state index >= 15 is 0 Å². The highest BCUT2D eigenvalue weighted by molar-refractivity contribution is 14.1. The molecule has 32 heavy (non-hydrogen) atoms. The number of benzene rings is 3. The van der Waals surface area contributed by atoms with Gasteiger partial charge in [-0.15, -0.1) is 0 Å². The summed E-state index contributed by atoms with van der Waals surface area (Å²) in [6.07, 6.45) is -4.41. The first-order chi connectivity index (χ1) is 15.2. The zero-order valence-corrected chi connectivity index (χ0v) is 19.5. The van der Waals surface area contributed by atoms with Crippen molar-refractivity contribution in [1.29, 1.82) is 0 Å². The SMILES string of the molecule is CCN(I)c1ccc(-c2ccc(-c3cc(C)c4cc(C(F)(F)F)ccc4n3)cc2F)cc1. The predicted octanol–water partition coefficient (Wildman–Crippen LogP) is 8.21. The van der Waals surface area contributed by atoms with Crippen LogP contribution in [0.1, 0.15) is 18.1 Å². The van der Waals surface area contributed by atoms with E-state index in [1.54, 1.807) is 25.1 Å². The maximum absolute atomic E-state index is 15.0. The number of aryl methyl sites for hydroxylation is 1. The number of fused-ring (bicyclic) bond motifs is 1. The first kappa shape index (κ1) is 22.5. The number of alkyl halides is 3. The van der Waals surface area contributed by atoms with Crippen molar-refractivity contribution in [2.75, 3.05) is 9.66 Å². The van der Waals surface area contributed by atoms with E-state index in [0.29, 0.717) is 33.3 Å². The zero-order valence-electron chi connectivity index (χ0n) is 17.3. The first-order valence-corrected chi connectivity index (χ1v) is 11.0. The number of anilines is 1. The molecule has 2 nitrogen and oxygen atoms in total. The number of pyridine rings is 1. The van der Waals surface area contributed by atoms with Crippen LogP contribution in [0.2, 0.25) is 0 Å². The summed E-state index contributed by atoms with van der Waals surface area (Å²) >= 11 is 2.23. The van der Waals surface area contributed by atoms with Gasteiger partial charge in [-0.25, -0.2) is 9.37 Å². The van der Waals surface area contributed by atoms with Crippen molar-refractivity contribution in [3.8, 4) is 22.4 Å². The Hall–Kier alpha value is -2.68. The number of aromatic nitrogens is 1. The Bertz CT molecular complexity index is 1280. The quantitative estimate of drug-likeness (QED) is 0.145. The third-order valence-corrected chi connectivity index (χ3v) is 6.58. The number of hydrogen-bond donors (Lipinski definition) is 0. The van der Waals surface area contributed by atoms with E-state index in [1.165, 1.54) is 12.1 Å². The highest BCUT2D eigenvalue weighted by atomic mass is 127. The number of halogens is 5. The molecule has 0 spiro atoms. The summed E-state index contributed by atoms with van der Waals surface area (Å²) in [7, 11) is 0. The van der Waals surface area contributed by atoms with Crippen molar-refractivity contribution in [1.82, 2.24) is 4.98 Å². The molecule has 4 aromatic rings. The van der Waals surface area contributed by atoms with Gasteiger partial charge in [0.1, 0.15) is 5.82 Å². The second kappa shape index (κ2) is 8.69. The summed E-state index contributed by atoms with van der Waals surface area (Å²) in [4.78, 5) is 4.47. The fourth-order valence-electron chi connectivity index (χ4n) is 3.61. The Morgan fingerprint density at radius 1 is 0.906 bits per heavy atom. The van der Waals surface area contributed by atoms with Crippen LogP contribution in [0.3, 0.4) is 0 Å². The van der Waals surface area contributed by atoms with E-state index in [1.807, 2.05) is 24.3 Å². The highest BCUT2D eigenvalue weighted by Gasteiger charge is 2.30. The molecule has 3 aromatic carbocycles. The Morgan fingerprint density at radius 3 is 2.22 bits per heavy atom. The second-order valence-corrected chi connectivity index (χ2v) is 8.64. The van der Waals surface area contributed by atoms with Gasteiger partial charge in [0.25, 0.3) is 0 Å². The maximum Gasteiger partial charge on any atom is 0.416 e. The van der Waals surface area contributed by atoms with Crippen LogP contribution >= 0.6 is 22.9 Å². The summed E-state index contributed by atoms with van der Waals surface area (Å²) in [5, 5.41) is 0.428. The minimum absolute atomic E-state index is 0.385. The summed E-state index contributed by atoms with van der Waals surface area (Å²) in [5.74, 6) is -0.385. The minimum atomic E-state index is -4.41. The van der Waals surface area contributed by atoms with Crippen LogP contribution in [0.25, 0.3) is 33.3 Å². The van der Waals surface area contributed by atoms with E-state index in [2.05, 4.69) is 37.9 Å². The van der Waals surface area contributed by atoms with Gasteiger partial charge in [0.05, 0.1) is 39.6 Å². The van der Waals surface area contributed by atoms with Crippen LogP contribution in [0.4, 0.5) is 23.2 Å². The second-order valence-electron chi connectivity index (χ2n) is 7.47. The smallest absolute Gasteiger partial charge is 0.315 e. The maximum atomic E-state index is 15.0. The highest BCUT2D eigenvalue weighted by Crippen LogP contribution is 2.34. The van der Waals surface area contributed by atoms with Crippen molar-refractivity contribution >= 4 is 39.5 Å². The van der Waals surface area contributed by atoms with Crippen molar-refractivity contribution < 1.29 is 17.6 Å². The molecule has 1 aromatic heterocycles. The van der Waals surface area contributed by atoms with Crippen LogP contribution in [0, 0.1) is 12.7 Å². The lowest BCUT2D eigenvalue weighted by Crippen LogP contribution is -2.06. The lowest BCUT2D eigenvalue weighted by Gasteiger charge is -2.14. The van der Waals surface area contributed by atoms with Crippen LogP contribution in [-0.2, 0) is 6.18 Å². The Kier molecular flexibility index (Phi) is 6.11. The summed E-state index contributed by atoms with van der Waals surface area (Å²) < 4.78 is 56.1. The molecule has 0 fully saturated rings. The Morgan fingerprint density at radius 2 is 1.59 bits per heavy atom. The molecule has 7 heteroatoms. The van der Waals surface area contributed by atoms with E-state index in [4.69, 9.17) is 0 Å².